The van der Waals surface area contributed by atoms with Crippen molar-refractivity contribution in [1.29, 1.82) is 0 Å². The molecular formula is C18H14Cl2N4O5. The molecule has 0 unspecified atom stereocenters. The van der Waals surface area contributed by atoms with Crippen LogP contribution in [0.15, 0.2) is 39.9 Å². The number of anilines is 1. The Morgan fingerprint density at radius 3 is 2.38 bits per heavy atom. The van der Waals surface area contributed by atoms with E-state index >= 15 is 0 Å². The minimum absolute atomic E-state index is 0.0704. The normalized spacial score (nSPS) is 10.9. The second-order valence-corrected chi connectivity index (χ2v) is 6.95. The molecule has 0 saturated heterocycles. The van der Waals surface area contributed by atoms with Crippen LogP contribution in [0, 0.1) is 6.92 Å². The van der Waals surface area contributed by atoms with Crippen LogP contribution in [0.25, 0.3) is 10.9 Å². The number of halogens is 2. The molecule has 150 valence electrons. The highest BCUT2D eigenvalue weighted by Crippen LogP contribution is 2.19. The first-order valence-electron chi connectivity index (χ1n) is 8.25. The number of hydrogen-bond donors (Lipinski definition) is 2. The van der Waals surface area contributed by atoms with E-state index in [0.717, 1.165) is 4.57 Å². The van der Waals surface area contributed by atoms with E-state index in [9.17, 15) is 19.2 Å². The van der Waals surface area contributed by atoms with Crippen molar-refractivity contribution in [3.63, 3.8) is 0 Å². The summed E-state index contributed by atoms with van der Waals surface area (Å²) in [5.74, 6) is -1.96. The van der Waals surface area contributed by atoms with Crippen LogP contribution in [-0.2, 0) is 22.7 Å². The zero-order valence-corrected chi connectivity index (χ0v) is 16.5. The molecule has 2 heterocycles. The second kappa shape index (κ2) is 8.06. The van der Waals surface area contributed by atoms with Gasteiger partial charge in [-0.05, 0) is 30.7 Å². The molecule has 2 aromatic heterocycles. The number of nitrogens with zero attached hydrogens (tertiary/aromatic N) is 3. The Balaban J connectivity index is 2.09. The summed E-state index contributed by atoms with van der Waals surface area (Å²) in [6.45, 7) is 0.375. The average Bonchev–Trinajstić information content (AvgIpc) is 2.61. The molecule has 0 saturated carbocycles. The van der Waals surface area contributed by atoms with Crippen LogP contribution in [0.5, 0.6) is 0 Å². The maximum Gasteiger partial charge on any atom is 0.332 e. The average molecular weight is 437 g/mol. The largest absolute Gasteiger partial charge is 0.480 e. The molecule has 0 aliphatic heterocycles. The number of aliphatic carboxylic acids is 1. The number of nitrogens with one attached hydrogen (secondary N) is 1. The van der Waals surface area contributed by atoms with Crippen molar-refractivity contribution in [2.75, 3.05) is 5.32 Å². The number of hydrogen-bond acceptors (Lipinski definition) is 5. The van der Waals surface area contributed by atoms with Gasteiger partial charge in [-0.2, -0.15) is 0 Å². The summed E-state index contributed by atoms with van der Waals surface area (Å²) < 4.78 is 1.64. The monoisotopic (exact) mass is 436 g/mol. The number of benzene rings is 1. The molecule has 0 atom stereocenters. The maximum absolute atomic E-state index is 12.8. The lowest BCUT2D eigenvalue weighted by molar-refractivity contribution is -0.137. The smallest absolute Gasteiger partial charge is 0.332 e. The minimum atomic E-state index is -1.35. The van der Waals surface area contributed by atoms with Crippen LogP contribution in [-0.4, -0.2) is 31.1 Å². The summed E-state index contributed by atoms with van der Waals surface area (Å²) in [5, 5.41) is 11.9. The molecular weight excluding hydrogens is 423 g/mol. The van der Waals surface area contributed by atoms with Crippen LogP contribution in [0.4, 0.5) is 5.69 Å². The van der Waals surface area contributed by atoms with Gasteiger partial charge >= 0.3 is 11.7 Å². The lowest BCUT2D eigenvalue weighted by Gasteiger charge is -2.14. The molecule has 0 aliphatic rings. The van der Waals surface area contributed by atoms with Crippen LogP contribution in [0.1, 0.15) is 5.56 Å². The topological polar surface area (TPSA) is 123 Å². The van der Waals surface area contributed by atoms with Crippen LogP contribution in [0.2, 0.25) is 10.3 Å². The van der Waals surface area contributed by atoms with Gasteiger partial charge in [-0.1, -0.05) is 35.3 Å². The number of fused-ring (bicyclic) bond motifs is 1. The van der Waals surface area contributed by atoms with E-state index in [1.165, 1.54) is 18.2 Å². The van der Waals surface area contributed by atoms with Crippen LogP contribution >= 0.6 is 23.2 Å². The number of aryl methyl sites for hydroxylation is 1. The number of rotatable bonds is 5. The fourth-order valence-corrected chi connectivity index (χ4v) is 3.40. The molecule has 0 spiro atoms. The molecule has 0 fully saturated rings. The van der Waals surface area contributed by atoms with Crippen LogP contribution < -0.4 is 16.6 Å². The summed E-state index contributed by atoms with van der Waals surface area (Å²) in [7, 11) is 0. The molecule has 1 amide bonds. The molecule has 2 N–H and O–H groups in total. The van der Waals surface area contributed by atoms with Gasteiger partial charge in [0.25, 0.3) is 5.56 Å². The Morgan fingerprint density at radius 1 is 1.10 bits per heavy atom. The summed E-state index contributed by atoms with van der Waals surface area (Å²) in [5.41, 5.74) is -0.588. The first-order chi connectivity index (χ1) is 13.7. The van der Waals surface area contributed by atoms with Crippen molar-refractivity contribution < 1.29 is 14.7 Å². The zero-order chi connectivity index (χ0) is 21.3. The van der Waals surface area contributed by atoms with Crippen molar-refractivity contribution in [3.8, 4) is 0 Å². The van der Waals surface area contributed by atoms with E-state index in [2.05, 4.69) is 10.3 Å². The Morgan fingerprint density at radius 2 is 1.76 bits per heavy atom. The number of pyridine rings is 1. The SMILES string of the molecule is Cc1cccc2c1c(=O)n(CC(=O)O)c(=O)n2CC(=O)Nc1cc(Cl)nc(Cl)c1. The minimum Gasteiger partial charge on any atom is -0.480 e. The first kappa shape index (κ1) is 20.6. The summed E-state index contributed by atoms with van der Waals surface area (Å²) in [6, 6.07) is 7.56. The van der Waals surface area contributed by atoms with E-state index in [0.29, 0.717) is 10.1 Å². The van der Waals surface area contributed by atoms with Gasteiger partial charge in [0.2, 0.25) is 5.91 Å². The van der Waals surface area contributed by atoms with Crippen molar-refractivity contribution in [2.24, 2.45) is 0 Å². The summed E-state index contributed by atoms with van der Waals surface area (Å²) in [4.78, 5) is 52.8. The molecule has 0 bridgehead atoms. The molecule has 11 heteroatoms. The quantitative estimate of drug-likeness (QED) is 0.588. The van der Waals surface area contributed by atoms with Gasteiger partial charge in [-0.15, -0.1) is 0 Å². The van der Waals surface area contributed by atoms with E-state index in [1.54, 1.807) is 19.1 Å². The number of aromatic nitrogens is 3. The van der Waals surface area contributed by atoms with E-state index in [4.69, 9.17) is 28.3 Å². The summed E-state index contributed by atoms with van der Waals surface area (Å²) in [6.07, 6.45) is 0. The van der Waals surface area contributed by atoms with E-state index in [1.807, 2.05) is 0 Å². The van der Waals surface area contributed by atoms with Gasteiger partial charge < -0.3 is 10.4 Å². The summed E-state index contributed by atoms with van der Waals surface area (Å²) >= 11 is 11.6. The molecule has 3 rings (SSSR count). The van der Waals surface area contributed by atoms with Crippen molar-refractivity contribution >= 4 is 51.7 Å². The number of carbonyl (C=O) groups excluding carboxylic acids is 1. The predicted octanol–water partition coefficient (Wildman–Crippen LogP) is 1.90. The maximum atomic E-state index is 12.8. The fourth-order valence-electron chi connectivity index (χ4n) is 2.93. The molecule has 0 radical (unpaired) electrons. The number of carboxylic acid groups (broad SMARTS) is 1. The van der Waals surface area contributed by atoms with Gasteiger partial charge in [0.15, 0.2) is 0 Å². The Labute approximate surface area is 173 Å². The van der Waals surface area contributed by atoms with Crippen molar-refractivity contribution in [1.82, 2.24) is 14.1 Å². The highest BCUT2D eigenvalue weighted by molar-refractivity contribution is 6.33. The van der Waals surface area contributed by atoms with E-state index < -0.39 is 36.2 Å². The lowest BCUT2D eigenvalue weighted by Crippen LogP contribution is -2.43. The van der Waals surface area contributed by atoms with E-state index in [-0.39, 0.29) is 26.9 Å². The molecule has 9 nitrogen and oxygen atoms in total. The van der Waals surface area contributed by atoms with Gasteiger partial charge in [0.05, 0.1) is 10.9 Å². The van der Waals surface area contributed by atoms with Gasteiger partial charge in [-0.3, -0.25) is 19.0 Å². The van der Waals surface area contributed by atoms with Crippen molar-refractivity contribution in [2.45, 2.75) is 20.0 Å². The van der Waals surface area contributed by atoms with Gasteiger partial charge in [-0.25, -0.2) is 14.3 Å². The van der Waals surface area contributed by atoms with Crippen LogP contribution in [0.3, 0.4) is 0 Å². The molecule has 1 aromatic carbocycles. The second-order valence-electron chi connectivity index (χ2n) is 6.17. The number of amides is 1. The first-order valence-corrected chi connectivity index (χ1v) is 9.00. The highest BCUT2D eigenvalue weighted by Gasteiger charge is 2.18. The molecule has 29 heavy (non-hydrogen) atoms. The predicted molar refractivity (Wildman–Crippen MR) is 108 cm³/mol. The molecule has 0 aliphatic carbocycles. The van der Waals surface area contributed by atoms with Gasteiger partial charge in [0.1, 0.15) is 23.4 Å². The Kier molecular flexibility index (Phi) is 5.71. The zero-order valence-electron chi connectivity index (χ0n) is 15.0. The fraction of sp³-hybridized carbons (Fsp3) is 0.167. The lowest BCUT2D eigenvalue weighted by atomic mass is 10.1. The number of carboxylic acids is 1. The Bertz CT molecular complexity index is 1250. The van der Waals surface area contributed by atoms with Gasteiger partial charge in [0, 0.05) is 5.69 Å². The third-order valence-corrected chi connectivity index (χ3v) is 4.49. The molecule has 3 aromatic rings. The standard InChI is InChI=1S/C18H14Cl2N4O5/c1-9-3-2-4-11-16(9)17(28)24(8-15(26)27)18(29)23(11)7-14(25)21-10-5-12(19)22-13(20)6-10/h2-6H,7-8H2,1H3,(H,26,27)(H,21,22,25). The van der Waals surface area contributed by atoms with Crippen molar-refractivity contribution in [3.05, 3.63) is 67.0 Å². The third-order valence-electron chi connectivity index (χ3n) is 4.10. The Hall–Kier alpha value is -3.17. The number of carbonyl (C=O) groups is 2. The third kappa shape index (κ3) is 4.30. The highest BCUT2D eigenvalue weighted by atomic mass is 35.5.